The average molecular weight is 262 g/mol. The fraction of sp³-hybridized carbons (Fsp3) is 0.700. The van der Waals surface area contributed by atoms with E-state index < -0.39 is 0 Å². The number of halogens is 1. The van der Waals surface area contributed by atoms with E-state index in [1.54, 1.807) is 11.0 Å². The molecule has 0 spiro atoms. The van der Waals surface area contributed by atoms with Gasteiger partial charge in [-0.05, 0) is 13.0 Å². The van der Waals surface area contributed by atoms with E-state index >= 15 is 0 Å². The van der Waals surface area contributed by atoms with Crippen LogP contribution in [-0.2, 0) is 11.3 Å². The van der Waals surface area contributed by atoms with E-state index in [2.05, 4.69) is 27.6 Å². The lowest BCUT2D eigenvalue weighted by molar-refractivity contribution is -0.121. The lowest BCUT2D eigenvalue weighted by atomic mass is 10.4. The predicted molar refractivity (Wildman–Crippen MR) is 68.1 cm³/mol. The van der Waals surface area contributed by atoms with Crippen molar-refractivity contribution < 1.29 is 4.79 Å². The summed E-state index contributed by atoms with van der Waals surface area (Å²) in [7, 11) is 0. The highest BCUT2D eigenvalue weighted by molar-refractivity contribution is 5.85. The van der Waals surface area contributed by atoms with Crippen molar-refractivity contribution in [2.24, 2.45) is 0 Å². The third-order valence-electron chi connectivity index (χ3n) is 2.09. The Morgan fingerprint density at radius 2 is 2.18 bits per heavy atom. The second-order valence-electron chi connectivity index (χ2n) is 3.51. The van der Waals surface area contributed by atoms with Crippen molar-refractivity contribution in [3.63, 3.8) is 0 Å². The minimum absolute atomic E-state index is 0. The molecule has 0 aliphatic rings. The van der Waals surface area contributed by atoms with Crippen LogP contribution in [0.15, 0.2) is 12.7 Å². The third kappa shape index (κ3) is 7.70. The van der Waals surface area contributed by atoms with Gasteiger partial charge in [0.25, 0.3) is 0 Å². The first-order valence-electron chi connectivity index (χ1n) is 5.62. The normalized spacial score (nSPS) is 9.71. The topological polar surface area (TPSA) is 71.8 Å². The molecule has 6 nitrogen and oxygen atoms in total. The number of nitrogens with one attached hydrogen (secondary N) is 2. The number of carbonyl (C=O) groups is 1. The van der Waals surface area contributed by atoms with Crippen LogP contribution >= 0.6 is 12.4 Å². The summed E-state index contributed by atoms with van der Waals surface area (Å²) in [4.78, 5) is 15.2. The molecule has 0 fully saturated rings. The lowest BCUT2D eigenvalue weighted by Crippen LogP contribution is -2.32. The minimum atomic E-state index is 0. The number of hydrogen-bond donors (Lipinski definition) is 2. The molecular formula is C10H20ClN5O. The number of aryl methyl sites for hydroxylation is 1. The highest BCUT2D eigenvalue weighted by Crippen LogP contribution is 1.86. The summed E-state index contributed by atoms with van der Waals surface area (Å²) in [5.41, 5.74) is 0. The van der Waals surface area contributed by atoms with E-state index in [4.69, 9.17) is 0 Å². The van der Waals surface area contributed by atoms with E-state index in [1.165, 1.54) is 6.33 Å². The van der Waals surface area contributed by atoms with Crippen LogP contribution in [0.1, 0.15) is 19.8 Å². The quantitative estimate of drug-likeness (QED) is 0.656. The molecule has 98 valence electrons. The number of hydrogen-bond acceptors (Lipinski definition) is 4. The molecule has 0 unspecified atom stereocenters. The Morgan fingerprint density at radius 1 is 1.35 bits per heavy atom. The summed E-state index contributed by atoms with van der Waals surface area (Å²) in [5.74, 6) is 0.0498. The maximum Gasteiger partial charge on any atom is 0.221 e. The summed E-state index contributed by atoms with van der Waals surface area (Å²) in [6.07, 6.45) is 4.63. The van der Waals surface area contributed by atoms with Gasteiger partial charge in [0.2, 0.25) is 5.91 Å². The van der Waals surface area contributed by atoms with Gasteiger partial charge in [0.05, 0.1) is 6.54 Å². The van der Waals surface area contributed by atoms with Gasteiger partial charge in [0, 0.05) is 19.5 Å². The predicted octanol–water partition coefficient (Wildman–Crippen LogP) is 0.206. The van der Waals surface area contributed by atoms with Gasteiger partial charge < -0.3 is 10.6 Å². The zero-order chi connectivity index (χ0) is 11.6. The Bertz CT molecular complexity index is 291. The zero-order valence-electron chi connectivity index (χ0n) is 10.1. The first-order chi connectivity index (χ1) is 7.83. The van der Waals surface area contributed by atoms with Crippen LogP contribution in [0.2, 0.25) is 0 Å². The number of amides is 1. The Balaban J connectivity index is 0.00000256. The number of rotatable bonds is 8. The van der Waals surface area contributed by atoms with Gasteiger partial charge in [-0.25, -0.2) is 4.98 Å². The molecule has 1 aromatic rings. The first-order valence-corrected chi connectivity index (χ1v) is 5.62. The standard InChI is InChI=1S/C10H19N5O.ClH/c1-2-4-11-5-6-13-10(16)3-7-15-9-12-8-14-15;/h8-9,11H,2-7H2,1H3,(H,13,16);1H. The van der Waals surface area contributed by atoms with Crippen molar-refractivity contribution >= 4 is 18.3 Å². The van der Waals surface area contributed by atoms with E-state index in [-0.39, 0.29) is 18.3 Å². The van der Waals surface area contributed by atoms with Gasteiger partial charge in [0.15, 0.2) is 0 Å². The molecule has 1 rings (SSSR count). The fourth-order valence-corrected chi connectivity index (χ4v) is 1.24. The van der Waals surface area contributed by atoms with Gasteiger partial charge in [-0.1, -0.05) is 6.92 Å². The first kappa shape index (κ1) is 15.9. The third-order valence-corrected chi connectivity index (χ3v) is 2.09. The Morgan fingerprint density at radius 3 is 2.82 bits per heavy atom. The molecule has 0 aliphatic heterocycles. The molecule has 1 aromatic heterocycles. The summed E-state index contributed by atoms with van der Waals surface area (Å²) in [6.45, 7) is 5.19. The number of nitrogens with zero attached hydrogens (tertiary/aromatic N) is 3. The molecule has 0 bridgehead atoms. The van der Waals surface area contributed by atoms with Crippen LogP contribution in [0.5, 0.6) is 0 Å². The highest BCUT2D eigenvalue weighted by atomic mass is 35.5. The second kappa shape index (κ2) is 10.0. The zero-order valence-corrected chi connectivity index (χ0v) is 10.9. The van der Waals surface area contributed by atoms with Crippen molar-refractivity contribution in [1.82, 2.24) is 25.4 Å². The van der Waals surface area contributed by atoms with Gasteiger partial charge in [0.1, 0.15) is 12.7 Å². The van der Waals surface area contributed by atoms with Crippen molar-refractivity contribution in [2.75, 3.05) is 19.6 Å². The highest BCUT2D eigenvalue weighted by Gasteiger charge is 2.00. The maximum absolute atomic E-state index is 11.4. The monoisotopic (exact) mass is 261 g/mol. The van der Waals surface area contributed by atoms with Crippen LogP contribution in [0.25, 0.3) is 0 Å². The number of aromatic nitrogens is 3. The van der Waals surface area contributed by atoms with Gasteiger partial charge in [-0.3, -0.25) is 9.48 Å². The summed E-state index contributed by atoms with van der Waals surface area (Å²) in [6, 6.07) is 0. The van der Waals surface area contributed by atoms with Crippen molar-refractivity contribution in [3.8, 4) is 0 Å². The van der Waals surface area contributed by atoms with Crippen LogP contribution in [0.4, 0.5) is 0 Å². The molecule has 7 heteroatoms. The summed E-state index contributed by atoms with van der Waals surface area (Å²) >= 11 is 0. The molecule has 1 amide bonds. The van der Waals surface area contributed by atoms with Crippen molar-refractivity contribution in [2.45, 2.75) is 26.3 Å². The summed E-state index contributed by atoms with van der Waals surface area (Å²) in [5, 5.41) is 9.98. The Kier molecular flexibility index (Phi) is 9.37. The van der Waals surface area contributed by atoms with Crippen LogP contribution in [-0.4, -0.2) is 40.3 Å². The van der Waals surface area contributed by atoms with E-state index in [0.717, 1.165) is 19.5 Å². The lowest BCUT2D eigenvalue weighted by Gasteiger charge is -2.05. The van der Waals surface area contributed by atoms with Crippen molar-refractivity contribution in [1.29, 1.82) is 0 Å². The molecule has 0 saturated heterocycles. The van der Waals surface area contributed by atoms with E-state index in [0.29, 0.717) is 19.5 Å². The maximum atomic E-state index is 11.4. The SMILES string of the molecule is CCCNCCNC(=O)CCn1cncn1.Cl. The summed E-state index contributed by atoms with van der Waals surface area (Å²) < 4.78 is 1.65. The largest absolute Gasteiger partial charge is 0.355 e. The molecule has 0 aliphatic carbocycles. The smallest absolute Gasteiger partial charge is 0.221 e. The molecule has 0 atom stereocenters. The molecular weight excluding hydrogens is 242 g/mol. The van der Waals surface area contributed by atoms with E-state index in [9.17, 15) is 4.79 Å². The molecule has 0 radical (unpaired) electrons. The van der Waals surface area contributed by atoms with E-state index in [1.807, 2.05) is 0 Å². The molecule has 0 saturated carbocycles. The molecule has 1 heterocycles. The van der Waals surface area contributed by atoms with Crippen LogP contribution < -0.4 is 10.6 Å². The van der Waals surface area contributed by atoms with Crippen molar-refractivity contribution in [3.05, 3.63) is 12.7 Å². The Hall–Kier alpha value is -1.14. The second-order valence-corrected chi connectivity index (χ2v) is 3.51. The van der Waals surface area contributed by atoms with Crippen LogP contribution in [0, 0.1) is 0 Å². The Labute approximate surface area is 108 Å². The minimum Gasteiger partial charge on any atom is -0.355 e. The average Bonchev–Trinajstić information content (AvgIpc) is 2.79. The molecule has 0 aromatic carbocycles. The molecule has 2 N–H and O–H groups in total. The van der Waals surface area contributed by atoms with Gasteiger partial charge >= 0.3 is 0 Å². The molecule has 17 heavy (non-hydrogen) atoms. The fourth-order valence-electron chi connectivity index (χ4n) is 1.24. The van der Waals surface area contributed by atoms with Gasteiger partial charge in [-0.2, -0.15) is 5.10 Å². The van der Waals surface area contributed by atoms with Crippen LogP contribution in [0.3, 0.4) is 0 Å². The van der Waals surface area contributed by atoms with Gasteiger partial charge in [-0.15, -0.1) is 12.4 Å². The number of carbonyl (C=O) groups excluding carboxylic acids is 1.